The highest BCUT2D eigenvalue weighted by molar-refractivity contribution is 5.90. The summed E-state index contributed by atoms with van der Waals surface area (Å²) in [5.74, 6) is 0.503. The first-order valence-corrected chi connectivity index (χ1v) is 9.54. The van der Waals surface area contributed by atoms with E-state index < -0.39 is 5.69 Å². The zero-order chi connectivity index (χ0) is 20.9. The van der Waals surface area contributed by atoms with Crippen LogP contribution in [-0.2, 0) is 25.4 Å². The monoisotopic (exact) mass is 397 g/mol. The van der Waals surface area contributed by atoms with Crippen LogP contribution in [-0.4, -0.2) is 37.8 Å². The van der Waals surface area contributed by atoms with Gasteiger partial charge in [-0.2, -0.15) is 4.98 Å². The van der Waals surface area contributed by atoms with Gasteiger partial charge in [0.25, 0.3) is 5.56 Å². The van der Waals surface area contributed by atoms with Gasteiger partial charge in [-0.3, -0.25) is 13.9 Å². The summed E-state index contributed by atoms with van der Waals surface area (Å²) in [6.45, 7) is 5.53. The van der Waals surface area contributed by atoms with E-state index in [-0.39, 0.29) is 17.4 Å². The van der Waals surface area contributed by atoms with Gasteiger partial charge >= 0.3 is 11.7 Å². The van der Waals surface area contributed by atoms with Gasteiger partial charge in [-0.15, -0.1) is 0 Å². The number of rotatable bonds is 3. The SMILES string of the molecule is CCOC(=O)c1ccc(N2CC(C)Cn3c2nc2c3c(=O)n(C)c(=O)n2C)cc1. The summed E-state index contributed by atoms with van der Waals surface area (Å²) in [6, 6.07) is 7.11. The molecule has 0 saturated heterocycles. The Labute approximate surface area is 166 Å². The van der Waals surface area contributed by atoms with Crippen molar-refractivity contribution in [2.45, 2.75) is 20.4 Å². The Balaban J connectivity index is 1.86. The van der Waals surface area contributed by atoms with Gasteiger partial charge in [0.1, 0.15) is 0 Å². The summed E-state index contributed by atoms with van der Waals surface area (Å²) in [5.41, 5.74) is 1.36. The van der Waals surface area contributed by atoms with Crippen molar-refractivity contribution in [2.24, 2.45) is 20.0 Å². The van der Waals surface area contributed by atoms with Gasteiger partial charge in [-0.1, -0.05) is 6.92 Å². The number of hydrogen-bond donors (Lipinski definition) is 0. The van der Waals surface area contributed by atoms with E-state index in [0.717, 1.165) is 10.3 Å². The molecule has 2 aromatic heterocycles. The van der Waals surface area contributed by atoms with E-state index >= 15 is 0 Å². The summed E-state index contributed by atoms with van der Waals surface area (Å²) in [4.78, 5) is 43.7. The Morgan fingerprint density at radius 2 is 1.83 bits per heavy atom. The first kappa shape index (κ1) is 19.0. The quantitative estimate of drug-likeness (QED) is 0.621. The molecule has 1 atom stereocenters. The normalized spacial score (nSPS) is 16.1. The Hall–Kier alpha value is -3.36. The highest BCUT2D eigenvalue weighted by Gasteiger charge is 2.29. The third-order valence-corrected chi connectivity index (χ3v) is 5.25. The zero-order valence-corrected chi connectivity index (χ0v) is 16.9. The molecule has 29 heavy (non-hydrogen) atoms. The fraction of sp³-hybridized carbons (Fsp3) is 0.400. The van der Waals surface area contributed by atoms with Crippen molar-refractivity contribution in [3.8, 4) is 0 Å². The molecule has 1 aliphatic heterocycles. The Morgan fingerprint density at radius 3 is 2.48 bits per heavy atom. The maximum atomic E-state index is 12.8. The molecule has 0 radical (unpaired) electrons. The fourth-order valence-electron chi connectivity index (χ4n) is 3.79. The molecule has 3 aromatic rings. The fourth-order valence-corrected chi connectivity index (χ4v) is 3.79. The van der Waals surface area contributed by atoms with E-state index in [2.05, 4.69) is 11.9 Å². The van der Waals surface area contributed by atoms with Crippen molar-refractivity contribution in [1.29, 1.82) is 0 Å². The second-order valence-electron chi connectivity index (χ2n) is 7.38. The van der Waals surface area contributed by atoms with Gasteiger partial charge in [-0.05, 0) is 37.1 Å². The van der Waals surface area contributed by atoms with Crippen molar-refractivity contribution in [3.63, 3.8) is 0 Å². The number of nitrogens with zero attached hydrogens (tertiary/aromatic N) is 5. The summed E-state index contributed by atoms with van der Waals surface area (Å²) in [5, 5.41) is 0. The number of benzene rings is 1. The Morgan fingerprint density at radius 1 is 1.14 bits per heavy atom. The minimum absolute atomic E-state index is 0.256. The van der Waals surface area contributed by atoms with Gasteiger partial charge in [0.05, 0.1) is 12.2 Å². The van der Waals surface area contributed by atoms with Crippen molar-refractivity contribution in [1.82, 2.24) is 18.7 Å². The molecule has 0 fully saturated rings. The molecule has 1 aliphatic rings. The van der Waals surface area contributed by atoms with Crippen molar-refractivity contribution in [3.05, 3.63) is 50.7 Å². The maximum absolute atomic E-state index is 12.8. The van der Waals surface area contributed by atoms with Gasteiger partial charge in [-0.25, -0.2) is 9.59 Å². The molecule has 0 N–H and O–H groups in total. The highest BCUT2D eigenvalue weighted by atomic mass is 16.5. The molecule has 152 valence electrons. The van der Waals surface area contributed by atoms with Crippen LogP contribution in [0.5, 0.6) is 0 Å². The highest BCUT2D eigenvalue weighted by Crippen LogP contribution is 2.32. The second kappa shape index (κ2) is 6.91. The molecule has 0 spiro atoms. The van der Waals surface area contributed by atoms with Gasteiger partial charge in [0, 0.05) is 32.9 Å². The van der Waals surface area contributed by atoms with E-state index in [1.165, 1.54) is 11.6 Å². The lowest BCUT2D eigenvalue weighted by atomic mass is 10.1. The van der Waals surface area contributed by atoms with Crippen LogP contribution in [0.1, 0.15) is 24.2 Å². The van der Waals surface area contributed by atoms with Crippen LogP contribution in [0.2, 0.25) is 0 Å². The van der Waals surface area contributed by atoms with Gasteiger partial charge in [0.2, 0.25) is 5.95 Å². The maximum Gasteiger partial charge on any atom is 0.338 e. The molecule has 0 aliphatic carbocycles. The summed E-state index contributed by atoms with van der Waals surface area (Å²) >= 11 is 0. The largest absolute Gasteiger partial charge is 0.462 e. The van der Waals surface area contributed by atoms with Crippen LogP contribution >= 0.6 is 0 Å². The van der Waals surface area contributed by atoms with Crippen LogP contribution in [0.3, 0.4) is 0 Å². The summed E-state index contributed by atoms with van der Waals surface area (Å²) in [6.07, 6.45) is 0. The molecule has 4 rings (SSSR count). The number of ether oxygens (including phenoxy) is 1. The van der Waals surface area contributed by atoms with E-state index in [4.69, 9.17) is 4.74 Å². The standard InChI is InChI=1S/C20H23N5O4/c1-5-29-18(27)13-6-8-14(9-7-13)24-10-12(2)11-25-15-16(21-19(24)25)22(3)20(28)23(4)17(15)26/h6-9,12H,5,10-11H2,1-4H3. The first-order chi connectivity index (χ1) is 13.8. The number of hydrogen-bond acceptors (Lipinski definition) is 6. The van der Waals surface area contributed by atoms with Crippen LogP contribution in [0.15, 0.2) is 33.9 Å². The Bertz CT molecular complexity index is 1220. The molecule has 3 heterocycles. The molecule has 0 amide bonds. The molecule has 9 heteroatoms. The van der Waals surface area contributed by atoms with Crippen molar-refractivity contribution in [2.75, 3.05) is 18.1 Å². The minimum Gasteiger partial charge on any atom is -0.462 e. The molecular weight excluding hydrogens is 374 g/mol. The smallest absolute Gasteiger partial charge is 0.338 e. The van der Waals surface area contributed by atoms with E-state index in [9.17, 15) is 14.4 Å². The lowest BCUT2D eigenvalue weighted by molar-refractivity contribution is 0.0526. The minimum atomic E-state index is -0.406. The topological polar surface area (TPSA) is 91.4 Å². The summed E-state index contributed by atoms with van der Waals surface area (Å²) in [7, 11) is 3.09. The van der Waals surface area contributed by atoms with E-state index in [0.29, 0.717) is 42.4 Å². The predicted octanol–water partition coefficient (Wildman–Crippen LogP) is 1.40. The lowest BCUT2D eigenvalue weighted by Gasteiger charge is -2.33. The molecule has 0 bridgehead atoms. The van der Waals surface area contributed by atoms with Crippen molar-refractivity contribution >= 4 is 28.8 Å². The van der Waals surface area contributed by atoms with Crippen LogP contribution in [0.25, 0.3) is 11.2 Å². The summed E-state index contributed by atoms with van der Waals surface area (Å²) < 4.78 is 9.42. The number of imidazole rings is 1. The van der Waals surface area contributed by atoms with Gasteiger partial charge < -0.3 is 14.2 Å². The molecule has 1 aromatic carbocycles. The third-order valence-electron chi connectivity index (χ3n) is 5.25. The lowest BCUT2D eigenvalue weighted by Crippen LogP contribution is -2.38. The molecule has 9 nitrogen and oxygen atoms in total. The number of esters is 1. The number of anilines is 2. The number of carbonyl (C=O) groups excluding carboxylic acids is 1. The Kier molecular flexibility index (Phi) is 4.52. The molecular formula is C20H23N5O4. The number of aryl methyl sites for hydroxylation is 1. The average molecular weight is 397 g/mol. The van der Waals surface area contributed by atoms with E-state index in [1.807, 2.05) is 21.6 Å². The zero-order valence-electron chi connectivity index (χ0n) is 16.9. The van der Waals surface area contributed by atoms with E-state index in [1.54, 1.807) is 26.1 Å². The first-order valence-electron chi connectivity index (χ1n) is 9.54. The molecule has 0 saturated carbocycles. The number of carbonyl (C=O) groups is 1. The number of aromatic nitrogens is 4. The second-order valence-corrected chi connectivity index (χ2v) is 7.38. The average Bonchev–Trinajstić information content (AvgIpc) is 3.10. The van der Waals surface area contributed by atoms with Gasteiger partial charge in [0.15, 0.2) is 11.2 Å². The van der Waals surface area contributed by atoms with Crippen LogP contribution < -0.4 is 16.1 Å². The predicted molar refractivity (Wildman–Crippen MR) is 109 cm³/mol. The van der Waals surface area contributed by atoms with Crippen LogP contribution in [0.4, 0.5) is 11.6 Å². The molecule has 1 unspecified atom stereocenters. The van der Waals surface area contributed by atoms with Crippen LogP contribution in [0, 0.1) is 5.92 Å². The van der Waals surface area contributed by atoms with Crippen molar-refractivity contribution < 1.29 is 9.53 Å². The third kappa shape index (κ3) is 2.93. The number of fused-ring (bicyclic) bond motifs is 3.